The molecule has 1 fully saturated rings. The minimum absolute atomic E-state index is 0. The Bertz CT molecular complexity index is 970. The van der Waals surface area contributed by atoms with Crippen LogP contribution in [0.5, 0.6) is 5.75 Å². The highest BCUT2D eigenvalue weighted by Gasteiger charge is 2.25. The molecule has 2 aliphatic heterocycles. The zero-order valence-electron chi connectivity index (χ0n) is 18.8. The lowest BCUT2D eigenvalue weighted by atomic mass is 10.00. The first-order valence-corrected chi connectivity index (χ1v) is 10.7. The van der Waals surface area contributed by atoms with E-state index in [-0.39, 0.29) is 42.7 Å². The van der Waals surface area contributed by atoms with Crippen LogP contribution in [0.2, 0.25) is 0 Å². The van der Waals surface area contributed by atoms with E-state index in [1.807, 2.05) is 0 Å². The van der Waals surface area contributed by atoms with Crippen LogP contribution >= 0.6 is 24.0 Å². The van der Waals surface area contributed by atoms with Crippen molar-refractivity contribution in [2.24, 2.45) is 4.99 Å². The lowest BCUT2D eigenvalue weighted by molar-refractivity contribution is -0.0172. The number of morpholine rings is 1. The van der Waals surface area contributed by atoms with Crippen molar-refractivity contribution in [1.82, 2.24) is 10.2 Å². The summed E-state index contributed by atoms with van der Waals surface area (Å²) in [6.45, 7) is 7.59. The summed E-state index contributed by atoms with van der Waals surface area (Å²) in [6, 6.07) is 9.50. The summed E-state index contributed by atoms with van der Waals surface area (Å²) >= 11 is 0. The van der Waals surface area contributed by atoms with Gasteiger partial charge in [0.1, 0.15) is 17.7 Å². The van der Waals surface area contributed by atoms with Gasteiger partial charge in [0.2, 0.25) is 0 Å². The van der Waals surface area contributed by atoms with Crippen LogP contribution in [0, 0.1) is 19.7 Å². The van der Waals surface area contributed by atoms with Gasteiger partial charge in [-0.1, -0.05) is 23.8 Å². The number of rotatable bonds is 4. The van der Waals surface area contributed by atoms with Crippen molar-refractivity contribution in [3.05, 3.63) is 64.0 Å². The minimum Gasteiger partial charge on any atom is -0.467 e. The van der Waals surface area contributed by atoms with Gasteiger partial charge in [-0.2, -0.15) is 0 Å². The minimum atomic E-state index is -0.267. The fraction of sp³-hybridized carbons (Fsp3) is 0.458. The molecule has 2 heterocycles. The molecular weight excluding hydrogens is 524 g/mol. The van der Waals surface area contributed by atoms with E-state index in [0.717, 1.165) is 35.9 Å². The fourth-order valence-electron chi connectivity index (χ4n) is 4.30. The summed E-state index contributed by atoms with van der Waals surface area (Å²) < 4.78 is 30.9. The number of guanidine groups is 1. The van der Waals surface area contributed by atoms with Gasteiger partial charge in [-0.05, 0) is 49.1 Å². The van der Waals surface area contributed by atoms with E-state index in [1.54, 1.807) is 13.1 Å². The normalized spacial score (nSPS) is 18.4. The molecule has 2 aromatic rings. The van der Waals surface area contributed by atoms with E-state index >= 15 is 0 Å². The van der Waals surface area contributed by atoms with E-state index in [0.29, 0.717) is 26.2 Å². The number of hydrogen-bond donors (Lipinski definition) is 1. The van der Waals surface area contributed by atoms with Crippen molar-refractivity contribution in [1.29, 1.82) is 0 Å². The molecular formula is C24H31FIN3O3. The second kappa shape index (κ2) is 11.3. The molecule has 1 atom stereocenters. The molecule has 0 aromatic heterocycles. The Kier molecular flexibility index (Phi) is 8.72. The number of benzene rings is 2. The number of fused-ring (bicyclic) bond motifs is 1. The number of ether oxygens (including phenoxy) is 3. The quantitative estimate of drug-likeness (QED) is 0.350. The highest BCUT2D eigenvalue weighted by atomic mass is 127. The van der Waals surface area contributed by atoms with Crippen LogP contribution in [0.15, 0.2) is 35.3 Å². The van der Waals surface area contributed by atoms with Crippen molar-refractivity contribution in [3.8, 4) is 5.75 Å². The third kappa shape index (κ3) is 5.71. The van der Waals surface area contributed by atoms with Gasteiger partial charge >= 0.3 is 0 Å². The van der Waals surface area contributed by atoms with Crippen LogP contribution in [0.3, 0.4) is 0 Å². The first-order chi connectivity index (χ1) is 15.0. The number of aliphatic imine (C=N–C) groups is 1. The fourth-order valence-corrected chi connectivity index (χ4v) is 4.30. The van der Waals surface area contributed by atoms with Gasteiger partial charge in [-0.3, -0.25) is 4.99 Å². The monoisotopic (exact) mass is 555 g/mol. The first-order valence-electron chi connectivity index (χ1n) is 10.7. The van der Waals surface area contributed by atoms with Gasteiger partial charge in [-0.15, -0.1) is 24.0 Å². The zero-order chi connectivity index (χ0) is 21.8. The summed E-state index contributed by atoms with van der Waals surface area (Å²) in [5.74, 6) is 1.30. The molecule has 174 valence electrons. The van der Waals surface area contributed by atoms with E-state index in [1.165, 1.54) is 22.8 Å². The maximum Gasteiger partial charge on any atom is 0.193 e. The molecule has 1 saturated heterocycles. The molecule has 0 aliphatic carbocycles. The SMILES string of the molecule is CN=C(NCCc1cc(F)cc2c1OCOC2)N1CCOC(c2ccc(C)cc2C)C1.I. The molecule has 0 saturated carbocycles. The summed E-state index contributed by atoms with van der Waals surface area (Å²) in [7, 11) is 1.79. The third-order valence-electron chi connectivity index (χ3n) is 5.78. The average Bonchev–Trinajstić information content (AvgIpc) is 2.76. The molecule has 0 bridgehead atoms. The number of hydrogen-bond acceptors (Lipinski definition) is 4. The highest BCUT2D eigenvalue weighted by molar-refractivity contribution is 14.0. The van der Waals surface area contributed by atoms with Crippen molar-refractivity contribution < 1.29 is 18.6 Å². The molecule has 1 N–H and O–H groups in total. The van der Waals surface area contributed by atoms with E-state index in [2.05, 4.69) is 47.3 Å². The molecule has 0 radical (unpaired) electrons. The summed E-state index contributed by atoms with van der Waals surface area (Å²) in [4.78, 5) is 6.68. The number of halogens is 2. The number of nitrogens with zero attached hydrogens (tertiary/aromatic N) is 2. The summed E-state index contributed by atoms with van der Waals surface area (Å²) in [6.07, 6.45) is 0.640. The Hall–Kier alpha value is -1.91. The van der Waals surface area contributed by atoms with Crippen LogP contribution in [-0.2, 0) is 22.5 Å². The lowest BCUT2D eigenvalue weighted by Gasteiger charge is -2.36. The van der Waals surface area contributed by atoms with E-state index < -0.39 is 0 Å². The molecule has 0 amide bonds. The Morgan fingerprint density at radius 2 is 2.09 bits per heavy atom. The van der Waals surface area contributed by atoms with Gasteiger partial charge in [0.25, 0.3) is 0 Å². The van der Waals surface area contributed by atoms with Gasteiger partial charge in [-0.25, -0.2) is 4.39 Å². The third-order valence-corrected chi connectivity index (χ3v) is 5.78. The summed E-state index contributed by atoms with van der Waals surface area (Å²) in [5.41, 5.74) is 5.32. The number of aryl methyl sites for hydroxylation is 2. The van der Waals surface area contributed by atoms with Crippen LogP contribution in [-0.4, -0.2) is 50.9 Å². The number of nitrogens with one attached hydrogen (secondary N) is 1. The predicted octanol–water partition coefficient (Wildman–Crippen LogP) is 4.12. The van der Waals surface area contributed by atoms with Crippen LogP contribution in [0.4, 0.5) is 4.39 Å². The zero-order valence-corrected chi connectivity index (χ0v) is 21.1. The van der Waals surface area contributed by atoms with Gasteiger partial charge in [0, 0.05) is 25.7 Å². The van der Waals surface area contributed by atoms with Crippen LogP contribution in [0.25, 0.3) is 0 Å². The topological polar surface area (TPSA) is 55.3 Å². The first kappa shape index (κ1) is 24.7. The van der Waals surface area contributed by atoms with Gasteiger partial charge in [0.05, 0.1) is 19.8 Å². The molecule has 6 nitrogen and oxygen atoms in total. The second-order valence-corrected chi connectivity index (χ2v) is 8.05. The largest absolute Gasteiger partial charge is 0.467 e. The molecule has 8 heteroatoms. The lowest BCUT2D eigenvalue weighted by Crippen LogP contribution is -2.48. The maximum absolute atomic E-state index is 14.0. The Morgan fingerprint density at radius 1 is 1.25 bits per heavy atom. The molecule has 32 heavy (non-hydrogen) atoms. The van der Waals surface area contributed by atoms with Crippen molar-refractivity contribution in [2.45, 2.75) is 33.0 Å². The van der Waals surface area contributed by atoms with Crippen LogP contribution in [0.1, 0.15) is 33.9 Å². The van der Waals surface area contributed by atoms with Crippen LogP contribution < -0.4 is 10.1 Å². The Labute approximate surface area is 206 Å². The Balaban J connectivity index is 0.00000289. The predicted molar refractivity (Wildman–Crippen MR) is 133 cm³/mol. The molecule has 2 aromatic carbocycles. The molecule has 2 aliphatic rings. The van der Waals surface area contributed by atoms with E-state index in [9.17, 15) is 4.39 Å². The standard InChI is InChI=1S/C24H30FN3O3.HI/c1-16-4-5-21(17(2)10-16)22-13-28(8-9-30-22)24(26-3)27-7-6-18-11-20(25)12-19-14-29-15-31-23(18)19;/h4-5,10-12,22H,6-9,13-15H2,1-3H3,(H,26,27);1H. The van der Waals surface area contributed by atoms with Gasteiger partial charge in [0.15, 0.2) is 12.8 Å². The van der Waals surface area contributed by atoms with Gasteiger partial charge < -0.3 is 24.4 Å². The molecule has 0 spiro atoms. The molecule has 1 unspecified atom stereocenters. The summed E-state index contributed by atoms with van der Waals surface area (Å²) in [5, 5.41) is 3.42. The highest BCUT2D eigenvalue weighted by Crippen LogP contribution is 2.30. The second-order valence-electron chi connectivity index (χ2n) is 8.05. The van der Waals surface area contributed by atoms with Crippen molar-refractivity contribution >= 4 is 29.9 Å². The molecule has 4 rings (SSSR count). The Morgan fingerprint density at radius 3 is 2.88 bits per heavy atom. The average molecular weight is 555 g/mol. The smallest absolute Gasteiger partial charge is 0.193 e. The van der Waals surface area contributed by atoms with Crippen molar-refractivity contribution in [2.75, 3.05) is 40.1 Å². The maximum atomic E-state index is 14.0. The van der Waals surface area contributed by atoms with E-state index in [4.69, 9.17) is 14.2 Å². The van der Waals surface area contributed by atoms with Crippen molar-refractivity contribution in [3.63, 3.8) is 0 Å².